The molecule has 1 amide bonds. The first-order valence-corrected chi connectivity index (χ1v) is 10.6. The molecule has 8 heteroatoms. The van der Waals surface area contributed by atoms with Crippen LogP contribution in [0.15, 0.2) is 54.6 Å². The molecule has 0 radical (unpaired) electrons. The van der Waals surface area contributed by atoms with Crippen molar-refractivity contribution in [2.24, 2.45) is 0 Å². The summed E-state index contributed by atoms with van der Waals surface area (Å²) >= 11 is 0. The van der Waals surface area contributed by atoms with Crippen molar-refractivity contribution >= 4 is 17.4 Å². The highest BCUT2D eigenvalue weighted by Crippen LogP contribution is 2.25. The van der Waals surface area contributed by atoms with Crippen molar-refractivity contribution in [1.82, 2.24) is 14.9 Å². The maximum absolute atomic E-state index is 12.9. The Morgan fingerprint density at radius 3 is 2.25 bits per heavy atom. The summed E-state index contributed by atoms with van der Waals surface area (Å²) < 4.78 is 0. The Hall–Kier alpha value is -3.81. The van der Waals surface area contributed by atoms with Crippen molar-refractivity contribution < 1.29 is 9.72 Å². The molecule has 0 bridgehead atoms. The van der Waals surface area contributed by atoms with Gasteiger partial charge in [0, 0.05) is 61.6 Å². The molecular formula is C24H25N5O3. The third-order valence-corrected chi connectivity index (χ3v) is 5.72. The zero-order valence-corrected chi connectivity index (χ0v) is 18.2. The van der Waals surface area contributed by atoms with Gasteiger partial charge >= 0.3 is 0 Å². The predicted molar refractivity (Wildman–Crippen MR) is 122 cm³/mol. The van der Waals surface area contributed by atoms with Gasteiger partial charge in [-0.05, 0) is 31.5 Å². The summed E-state index contributed by atoms with van der Waals surface area (Å²) in [6.45, 7) is 6.36. The van der Waals surface area contributed by atoms with E-state index in [-0.39, 0.29) is 11.6 Å². The Morgan fingerprint density at radius 2 is 1.62 bits per heavy atom. The minimum atomic E-state index is -0.467. The molecule has 2 aromatic carbocycles. The highest BCUT2D eigenvalue weighted by Gasteiger charge is 2.25. The molecular weight excluding hydrogens is 406 g/mol. The second-order valence-corrected chi connectivity index (χ2v) is 7.90. The van der Waals surface area contributed by atoms with Crippen LogP contribution >= 0.6 is 0 Å². The first-order chi connectivity index (χ1) is 15.4. The molecule has 3 aromatic rings. The number of non-ortho nitro benzene ring substituents is 1. The molecule has 0 N–H and O–H groups in total. The van der Waals surface area contributed by atoms with E-state index in [1.165, 1.54) is 29.8 Å². The molecule has 1 aromatic heterocycles. The summed E-state index contributed by atoms with van der Waals surface area (Å²) in [5.41, 5.74) is 3.73. The van der Waals surface area contributed by atoms with Gasteiger partial charge in [-0.15, -0.1) is 0 Å². The molecule has 4 rings (SSSR count). The molecule has 0 aliphatic carbocycles. The number of anilines is 1. The van der Waals surface area contributed by atoms with Gasteiger partial charge in [0.1, 0.15) is 11.6 Å². The molecule has 1 aliphatic heterocycles. The number of amides is 1. The number of hydrogen-bond donors (Lipinski definition) is 0. The van der Waals surface area contributed by atoms with Gasteiger partial charge in [-0.3, -0.25) is 14.9 Å². The molecule has 8 nitrogen and oxygen atoms in total. The Kier molecular flexibility index (Phi) is 6.11. The molecule has 1 saturated heterocycles. The van der Waals surface area contributed by atoms with Crippen molar-refractivity contribution in [1.29, 1.82) is 0 Å². The molecule has 2 heterocycles. The maximum Gasteiger partial charge on any atom is 0.269 e. The minimum Gasteiger partial charge on any atom is -0.353 e. The number of hydrogen-bond acceptors (Lipinski definition) is 6. The average molecular weight is 431 g/mol. The minimum absolute atomic E-state index is 0.0215. The Bertz CT molecular complexity index is 1120. The summed E-state index contributed by atoms with van der Waals surface area (Å²) in [4.78, 5) is 36.6. The van der Waals surface area contributed by atoms with Crippen molar-refractivity contribution in [3.8, 4) is 0 Å². The van der Waals surface area contributed by atoms with Gasteiger partial charge in [0.05, 0.1) is 4.92 Å². The molecule has 0 unspecified atom stereocenters. The smallest absolute Gasteiger partial charge is 0.269 e. The Balaban J connectivity index is 1.49. The lowest BCUT2D eigenvalue weighted by Crippen LogP contribution is -2.49. The summed E-state index contributed by atoms with van der Waals surface area (Å²) in [6, 6.07) is 16.0. The standard InChI is InChI=1S/C24H25N5O3/c1-17-22(16-19-6-4-3-5-7-19)23(26-18(2)25-17)27-12-14-28(15-13-27)24(30)20-8-10-21(11-9-20)29(31)32/h3-11H,12-16H2,1-2H3. The number of carbonyl (C=O) groups is 1. The van der Waals surface area contributed by atoms with Crippen LogP contribution in [-0.4, -0.2) is 51.9 Å². The third-order valence-electron chi connectivity index (χ3n) is 5.72. The quantitative estimate of drug-likeness (QED) is 0.453. The van der Waals surface area contributed by atoms with Crippen LogP contribution in [0.1, 0.15) is 33.0 Å². The van der Waals surface area contributed by atoms with Crippen molar-refractivity contribution in [3.05, 3.63) is 92.9 Å². The number of rotatable bonds is 5. The molecule has 1 fully saturated rings. The van der Waals surface area contributed by atoms with E-state index in [1.54, 1.807) is 4.90 Å². The summed E-state index contributed by atoms with van der Waals surface area (Å²) in [5, 5.41) is 10.8. The molecule has 0 spiro atoms. The normalized spacial score (nSPS) is 13.8. The summed E-state index contributed by atoms with van der Waals surface area (Å²) in [5.74, 6) is 1.55. The van der Waals surface area contributed by atoms with E-state index in [0.717, 1.165) is 29.3 Å². The van der Waals surface area contributed by atoms with E-state index in [2.05, 4.69) is 22.0 Å². The van der Waals surface area contributed by atoms with Crippen molar-refractivity contribution in [3.63, 3.8) is 0 Å². The van der Waals surface area contributed by atoms with E-state index in [4.69, 9.17) is 4.98 Å². The van der Waals surface area contributed by atoms with E-state index >= 15 is 0 Å². The number of nitro benzene ring substituents is 1. The van der Waals surface area contributed by atoms with E-state index in [9.17, 15) is 14.9 Å². The molecule has 0 atom stereocenters. The SMILES string of the molecule is Cc1nc(C)c(Cc2ccccc2)c(N2CCN(C(=O)c3ccc([N+](=O)[O-])cc3)CC2)n1. The lowest BCUT2D eigenvalue weighted by molar-refractivity contribution is -0.384. The second-order valence-electron chi connectivity index (χ2n) is 7.90. The largest absolute Gasteiger partial charge is 0.353 e. The van der Waals surface area contributed by atoms with Gasteiger partial charge in [0.15, 0.2) is 0 Å². The molecule has 164 valence electrons. The van der Waals surface area contributed by atoms with Crippen LogP contribution in [0.5, 0.6) is 0 Å². The van der Waals surface area contributed by atoms with Gasteiger partial charge in [-0.1, -0.05) is 30.3 Å². The van der Waals surface area contributed by atoms with Gasteiger partial charge in [-0.2, -0.15) is 0 Å². The highest BCUT2D eigenvalue weighted by molar-refractivity contribution is 5.94. The van der Waals surface area contributed by atoms with Crippen LogP contribution in [-0.2, 0) is 6.42 Å². The predicted octanol–water partition coefficient (Wildman–Crippen LogP) is 3.55. The summed E-state index contributed by atoms with van der Waals surface area (Å²) in [7, 11) is 0. The fourth-order valence-corrected chi connectivity index (χ4v) is 4.02. The highest BCUT2D eigenvalue weighted by atomic mass is 16.6. The molecule has 0 saturated carbocycles. The van der Waals surface area contributed by atoms with Crippen LogP contribution in [0.2, 0.25) is 0 Å². The first kappa shape index (κ1) is 21.4. The van der Waals surface area contributed by atoms with Crippen LogP contribution < -0.4 is 4.90 Å². The zero-order chi connectivity index (χ0) is 22.7. The Morgan fingerprint density at radius 1 is 0.969 bits per heavy atom. The lowest BCUT2D eigenvalue weighted by atomic mass is 10.0. The van der Waals surface area contributed by atoms with Crippen LogP contribution in [0.25, 0.3) is 0 Å². The van der Waals surface area contributed by atoms with Crippen LogP contribution in [0, 0.1) is 24.0 Å². The van der Waals surface area contributed by atoms with Crippen LogP contribution in [0.4, 0.5) is 11.5 Å². The number of carbonyl (C=O) groups excluding carboxylic acids is 1. The molecule has 1 aliphatic rings. The van der Waals surface area contributed by atoms with E-state index in [1.807, 2.05) is 32.0 Å². The number of benzene rings is 2. The van der Waals surface area contributed by atoms with Crippen molar-refractivity contribution in [2.75, 3.05) is 31.1 Å². The average Bonchev–Trinajstić information content (AvgIpc) is 2.81. The van der Waals surface area contributed by atoms with Gasteiger partial charge < -0.3 is 9.80 Å². The molecule has 32 heavy (non-hydrogen) atoms. The topological polar surface area (TPSA) is 92.5 Å². The summed E-state index contributed by atoms with van der Waals surface area (Å²) in [6.07, 6.45) is 0.754. The first-order valence-electron chi connectivity index (χ1n) is 10.6. The second kappa shape index (κ2) is 9.13. The fourth-order valence-electron chi connectivity index (χ4n) is 4.02. The van der Waals surface area contributed by atoms with Gasteiger partial charge in [0.25, 0.3) is 11.6 Å². The van der Waals surface area contributed by atoms with Gasteiger partial charge in [-0.25, -0.2) is 9.97 Å². The fraction of sp³-hybridized carbons (Fsp3) is 0.292. The number of aryl methyl sites for hydroxylation is 2. The van der Waals surface area contributed by atoms with E-state index in [0.29, 0.717) is 31.7 Å². The van der Waals surface area contributed by atoms with E-state index < -0.39 is 4.92 Å². The number of piperazine rings is 1. The lowest BCUT2D eigenvalue weighted by Gasteiger charge is -2.36. The maximum atomic E-state index is 12.9. The van der Waals surface area contributed by atoms with Crippen molar-refractivity contribution in [2.45, 2.75) is 20.3 Å². The third kappa shape index (κ3) is 4.59. The van der Waals surface area contributed by atoms with Crippen LogP contribution in [0.3, 0.4) is 0 Å². The number of nitrogens with zero attached hydrogens (tertiary/aromatic N) is 5. The van der Waals surface area contributed by atoms with Gasteiger partial charge in [0.2, 0.25) is 0 Å². The number of nitro groups is 1. The Labute approximate surface area is 186 Å². The zero-order valence-electron chi connectivity index (χ0n) is 18.2. The number of aromatic nitrogens is 2. The monoisotopic (exact) mass is 431 g/mol.